The zero-order valence-corrected chi connectivity index (χ0v) is 14.8. The average Bonchev–Trinajstić information content (AvgIpc) is 2.44. The third kappa shape index (κ3) is 4.34. The van der Waals surface area contributed by atoms with Crippen LogP contribution < -0.4 is 0 Å². The smallest absolute Gasteiger partial charge is 0.410 e. The zero-order chi connectivity index (χ0) is 17.3. The number of ether oxygens (including phenoxy) is 1. The highest BCUT2D eigenvalue weighted by atomic mass is 16.6. The molecule has 0 saturated carbocycles. The van der Waals surface area contributed by atoms with Crippen LogP contribution in [-0.2, 0) is 4.74 Å². The van der Waals surface area contributed by atoms with Crippen molar-refractivity contribution in [2.24, 2.45) is 17.3 Å². The van der Waals surface area contributed by atoms with Crippen molar-refractivity contribution in [1.82, 2.24) is 4.90 Å². The second-order valence-corrected chi connectivity index (χ2v) is 8.16. The molecule has 1 fully saturated rings. The molecule has 0 aromatic carbocycles. The van der Waals surface area contributed by atoms with Crippen LogP contribution >= 0.6 is 0 Å². The molecule has 2 aliphatic rings. The first-order chi connectivity index (χ1) is 10.6. The van der Waals surface area contributed by atoms with Gasteiger partial charge in [-0.2, -0.15) is 0 Å². The molecule has 1 amide bonds. The third-order valence-electron chi connectivity index (χ3n) is 4.95. The van der Waals surface area contributed by atoms with Gasteiger partial charge < -0.3 is 20.2 Å². The van der Waals surface area contributed by atoms with E-state index in [1.165, 1.54) is 0 Å². The Bertz CT molecular complexity index is 495. The quantitative estimate of drug-likeness (QED) is 0.767. The number of hydrogen-bond donors (Lipinski definition) is 2. The average molecular weight is 322 g/mol. The van der Waals surface area contributed by atoms with Crippen LogP contribution in [0.2, 0.25) is 0 Å². The minimum absolute atomic E-state index is 0.129. The normalized spacial score (nSPS) is 32.0. The summed E-state index contributed by atoms with van der Waals surface area (Å²) in [5.41, 5.74) is 0.0433. The van der Waals surface area contributed by atoms with Gasteiger partial charge in [0.1, 0.15) is 5.60 Å². The number of carbonyl (C=O) groups is 1. The Balaban J connectivity index is 2.16. The Labute approximate surface area is 139 Å². The number of amides is 1. The lowest BCUT2D eigenvalue weighted by Crippen LogP contribution is -2.51. The van der Waals surface area contributed by atoms with Crippen LogP contribution in [-0.4, -0.2) is 47.1 Å². The van der Waals surface area contributed by atoms with Crippen molar-refractivity contribution in [2.75, 3.05) is 19.7 Å². The number of hydrogen-bond acceptors (Lipinski definition) is 4. The Morgan fingerprint density at radius 2 is 2.22 bits per heavy atom. The lowest BCUT2D eigenvalue weighted by Gasteiger charge is -2.47. The van der Waals surface area contributed by atoms with E-state index in [0.717, 1.165) is 12.1 Å². The molecule has 2 N–H and O–H groups in total. The molecule has 5 heteroatoms. The second kappa shape index (κ2) is 6.63. The Morgan fingerprint density at radius 1 is 1.52 bits per heavy atom. The van der Waals surface area contributed by atoms with Crippen molar-refractivity contribution in [3.05, 3.63) is 12.2 Å². The van der Waals surface area contributed by atoms with Crippen molar-refractivity contribution < 1.29 is 14.6 Å². The van der Waals surface area contributed by atoms with Crippen LogP contribution in [0, 0.1) is 22.7 Å². The Kier molecular flexibility index (Phi) is 5.19. The van der Waals surface area contributed by atoms with E-state index in [-0.39, 0.29) is 30.0 Å². The monoisotopic (exact) mass is 322 g/mol. The first kappa shape index (κ1) is 18.0. The maximum Gasteiger partial charge on any atom is 0.410 e. The largest absolute Gasteiger partial charge is 0.444 e. The minimum atomic E-state index is -0.503. The SMILES string of the molecule is CC(C)(C)OC(=O)N1CCC(CO)C(C2(C)C=CCC(=N)C2)C1. The van der Waals surface area contributed by atoms with Gasteiger partial charge in [-0.25, -0.2) is 4.79 Å². The van der Waals surface area contributed by atoms with E-state index < -0.39 is 5.60 Å². The number of rotatable bonds is 2. The van der Waals surface area contributed by atoms with E-state index in [1.54, 1.807) is 4.90 Å². The molecule has 3 atom stereocenters. The molecule has 0 bridgehead atoms. The molecular weight excluding hydrogens is 292 g/mol. The number of aliphatic hydroxyl groups excluding tert-OH is 1. The van der Waals surface area contributed by atoms with Gasteiger partial charge in [-0.05, 0) is 50.9 Å². The highest BCUT2D eigenvalue weighted by molar-refractivity contribution is 5.84. The summed E-state index contributed by atoms with van der Waals surface area (Å²) in [4.78, 5) is 14.1. The molecule has 0 radical (unpaired) electrons. The molecule has 1 aliphatic heterocycles. The molecule has 2 rings (SSSR count). The molecular formula is C18H30N2O3. The van der Waals surface area contributed by atoms with Gasteiger partial charge in [0.2, 0.25) is 0 Å². The maximum absolute atomic E-state index is 12.4. The summed E-state index contributed by atoms with van der Waals surface area (Å²) in [6.07, 6.45) is 6.13. The van der Waals surface area contributed by atoms with Crippen molar-refractivity contribution in [2.45, 2.75) is 52.6 Å². The summed E-state index contributed by atoms with van der Waals surface area (Å²) in [7, 11) is 0. The van der Waals surface area contributed by atoms with Gasteiger partial charge in [-0.15, -0.1) is 0 Å². The topological polar surface area (TPSA) is 73.6 Å². The summed E-state index contributed by atoms with van der Waals surface area (Å²) >= 11 is 0. The van der Waals surface area contributed by atoms with Crippen molar-refractivity contribution in [3.8, 4) is 0 Å². The molecule has 3 unspecified atom stereocenters. The fraction of sp³-hybridized carbons (Fsp3) is 0.778. The van der Waals surface area contributed by atoms with E-state index in [4.69, 9.17) is 10.1 Å². The maximum atomic E-state index is 12.4. The summed E-state index contributed by atoms with van der Waals surface area (Å²) in [5, 5.41) is 17.8. The van der Waals surface area contributed by atoms with E-state index >= 15 is 0 Å². The third-order valence-corrected chi connectivity index (χ3v) is 4.95. The summed E-state index contributed by atoms with van der Waals surface area (Å²) in [5.74, 6) is 0.305. The number of carbonyl (C=O) groups excluding carboxylic acids is 1. The van der Waals surface area contributed by atoms with E-state index in [9.17, 15) is 9.90 Å². The van der Waals surface area contributed by atoms with Crippen LogP contribution in [0.3, 0.4) is 0 Å². The fourth-order valence-electron chi connectivity index (χ4n) is 3.77. The molecule has 1 aliphatic carbocycles. The van der Waals surface area contributed by atoms with Crippen LogP contribution in [0.1, 0.15) is 47.0 Å². The zero-order valence-electron chi connectivity index (χ0n) is 14.8. The predicted octanol–water partition coefficient (Wildman–Crippen LogP) is 3.23. The number of allylic oxidation sites excluding steroid dienone is 2. The molecule has 1 heterocycles. The van der Waals surface area contributed by atoms with Gasteiger partial charge in [0.25, 0.3) is 0 Å². The van der Waals surface area contributed by atoms with E-state index in [1.807, 2.05) is 26.8 Å². The van der Waals surface area contributed by atoms with Gasteiger partial charge >= 0.3 is 6.09 Å². The van der Waals surface area contributed by atoms with Gasteiger partial charge in [0.15, 0.2) is 0 Å². The van der Waals surface area contributed by atoms with Crippen LogP contribution in [0.4, 0.5) is 4.79 Å². The first-order valence-corrected chi connectivity index (χ1v) is 8.47. The minimum Gasteiger partial charge on any atom is -0.444 e. The second-order valence-electron chi connectivity index (χ2n) is 8.16. The van der Waals surface area contributed by atoms with Crippen molar-refractivity contribution in [1.29, 1.82) is 5.41 Å². The van der Waals surface area contributed by atoms with Crippen LogP contribution in [0.25, 0.3) is 0 Å². The fourth-order valence-corrected chi connectivity index (χ4v) is 3.77. The lowest BCUT2D eigenvalue weighted by atomic mass is 9.64. The number of likely N-dealkylation sites (tertiary alicyclic amines) is 1. The molecule has 5 nitrogen and oxygen atoms in total. The Hall–Kier alpha value is -1.36. The summed E-state index contributed by atoms with van der Waals surface area (Å²) < 4.78 is 5.50. The number of piperidine rings is 1. The van der Waals surface area contributed by atoms with Gasteiger partial charge in [-0.3, -0.25) is 0 Å². The van der Waals surface area contributed by atoms with Gasteiger partial charge in [0.05, 0.1) is 0 Å². The van der Waals surface area contributed by atoms with E-state index in [2.05, 4.69) is 13.0 Å². The molecule has 1 saturated heterocycles. The molecule has 0 aromatic heterocycles. The van der Waals surface area contributed by atoms with Gasteiger partial charge in [-0.1, -0.05) is 19.1 Å². The number of nitrogens with one attached hydrogen (secondary N) is 1. The summed E-state index contributed by atoms with van der Waals surface area (Å²) in [6, 6.07) is 0. The van der Waals surface area contributed by atoms with Crippen LogP contribution in [0.5, 0.6) is 0 Å². The molecule has 130 valence electrons. The highest BCUT2D eigenvalue weighted by Crippen LogP contribution is 2.44. The standard InChI is InChI=1S/C18H30N2O3/c1-17(2,3)23-16(22)20-9-7-13(12-21)15(11-20)18(4)8-5-6-14(19)10-18/h5,8,13,15,19,21H,6-7,9-12H2,1-4H3. The first-order valence-electron chi connectivity index (χ1n) is 8.47. The molecule has 23 heavy (non-hydrogen) atoms. The molecule has 0 aromatic rings. The number of nitrogens with zero attached hydrogens (tertiary/aromatic N) is 1. The van der Waals surface area contributed by atoms with Crippen molar-refractivity contribution in [3.63, 3.8) is 0 Å². The number of aliphatic hydroxyl groups is 1. The summed E-state index contributed by atoms with van der Waals surface area (Å²) in [6.45, 7) is 9.08. The lowest BCUT2D eigenvalue weighted by molar-refractivity contribution is -0.0113. The highest BCUT2D eigenvalue weighted by Gasteiger charge is 2.43. The Morgan fingerprint density at radius 3 is 2.78 bits per heavy atom. The molecule has 0 spiro atoms. The van der Waals surface area contributed by atoms with E-state index in [0.29, 0.717) is 25.9 Å². The van der Waals surface area contributed by atoms with Crippen molar-refractivity contribution >= 4 is 11.8 Å². The van der Waals surface area contributed by atoms with Crippen LogP contribution in [0.15, 0.2) is 12.2 Å². The predicted molar refractivity (Wildman–Crippen MR) is 90.7 cm³/mol. The van der Waals surface area contributed by atoms with Gasteiger partial charge in [0, 0.05) is 31.8 Å².